The Hall–Kier alpha value is -4.12. The summed E-state index contributed by atoms with van der Waals surface area (Å²) in [4.78, 5) is 21.9. The van der Waals surface area contributed by atoms with Crippen LogP contribution in [0.5, 0.6) is 5.75 Å². The van der Waals surface area contributed by atoms with Gasteiger partial charge in [-0.2, -0.15) is 5.10 Å². The number of amides is 1. The van der Waals surface area contributed by atoms with Crippen LogP contribution in [-0.2, 0) is 11.8 Å². The van der Waals surface area contributed by atoms with Gasteiger partial charge in [0.15, 0.2) is 11.6 Å². The minimum atomic E-state index is -0.740. The maximum Gasteiger partial charge on any atom is 0.252 e. The third-order valence-corrected chi connectivity index (χ3v) is 6.02. The van der Waals surface area contributed by atoms with Gasteiger partial charge in [-0.1, -0.05) is 6.07 Å². The van der Waals surface area contributed by atoms with E-state index in [1.54, 1.807) is 30.2 Å². The van der Waals surface area contributed by atoms with E-state index >= 15 is 0 Å². The van der Waals surface area contributed by atoms with E-state index in [-0.39, 0.29) is 28.3 Å². The molecule has 0 bridgehead atoms. The molecule has 0 spiro atoms. The predicted octanol–water partition coefficient (Wildman–Crippen LogP) is 3.37. The zero-order chi connectivity index (χ0) is 25.2. The van der Waals surface area contributed by atoms with Crippen molar-refractivity contribution in [3.8, 4) is 5.75 Å². The fourth-order valence-corrected chi connectivity index (χ4v) is 4.15. The van der Waals surface area contributed by atoms with Gasteiger partial charge in [-0.05, 0) is 36.2 Å². The highest BCUT2D eigenvalue weighted by Crippen LogP contribution is 2.27. The molecule has 4 aromatic rings. The first-order valence-corrected chi connectivity index (χ1v) is 11.3. The van der Waals surface area contributed by atoms with Crippen molar-refractivity contribution in [3.05, 3.63) is 77.2 Å². The number of methoxy groups -OCH3 is 1. The third kappa shape index (κ3) is 4.82. The number of rotatable bonds is 7. The van der Waals surface area contributed by atoms with Gasteiger partial charge >= 0.3 is 0 Å². The van der Waals surface area contributed by atoms with Crippen LogP contribution >= 0.6 is 0 Å². The number of hydrogen-bond acceptors (Lipinski definition) is 7. The summed E-state index contributed by atoms with van der Waals surface area (Å²) >= 11 is 0. The number of benzene rings is 2. The fourth-order valence-electron chi connectivity index (χ4n) is 4.15. The van der Waals surface area contributed by atoms with Crippen LogP contribution in [0.3, 0.4) is 0 Å². The molecule has 2 N–H and O–H groups in total. The van der Waals surface area contributed by atoms with Crippen LogP contribution in [0.15, 0.2) is 48.9 Å². The average molecular weight is 495 g/mol. The summed E-state index contributed by atoms with van der Waals surface area (Å²) in [5.41, 5.74) is 1.45. The van der Waals surface area contributed by atoms with Gasteiger partial charge in [-0.15, -0.1) is 0 Å². The summed E-state index contributed by atoms with van der Waals surface area (Å²) < 4.78 is 41.3. The second-order valence-corrected chi connectivity index (χ2v) is 8.54. The van der Waals surface area contributed by atoms with E-state index in [0.717, 1.165) is 12.5 Å². The molecular weight excluding hydrogens is 470 g/mol. The van der Waals surface area contributed by atoms with Gasteiger partial charge in [0.05, 0.1) is 42.9 Å². The SMILES string of the molecule is COc1ccc(C(NC(=O)c2cc(F)c3cnc(NC4CCOC4)nc3c2)c2cnn(C)c2)cc1F. The normalized spacial score (nSPS) is 16.2. The quantitative estimate of drug-likeness (QED) is 0.406. The van der Waals surface area contributed by atoms with Crippen molar-refractivity contribution < 1.29 is 23.0 Å². The number of fused-ring (bicyclic) bond motifs is 1. The monoisotopic (exact) mass is 494 g/mol. The molecule has 3 heterocycles. The maximum atomic E-state index is 14.9. The third-order valence-electron chi connectivity index (χ3n) is 6.02. The summed E-state index contributed by atoms with van der Waals surface area (Å²) in [6, 6.07) is 6.39. The molecule has 36 heavy (non-hydrogen) atoms. The van der Waals surface area contributed by atoms with Crippen LogP contribution in [0.25, 0.3) is 10.9 Å². The van der Waals surface area contributed by atoms with Crippen molar-refractivity contribution in [1.82, 2.24) is 25.1 Å². The lowest BCUT2D eigenvalue weighted by Gasteiger charge is -2.19. The summed E-state index contributed by atoms with van der Waals surface area (Å²) in [7, 11) is 3.11. The number of halogens is 2. The zero-order valence-corrected chi connectivity index (χ0v) is 19.7. The second-order valence-electron chi connectivity index (χ2n) is 8.54. The number of nitrogens with zero attached hydrogens (tertiary/aromatic N) is 4. The molecule has 0 saturated carbocycles. The molecule has 1 aliphatic rings. The van der Waals surface area contributed by atoms with Crippen LogP contribution in [0.1, 0.15) is 33.9 Å². The number of aromatic nitrogens is 4. The molecule has 2 aromatic carbocycles. The number of aryl methyl sites for hydroxylation is 1. The molecule has 2 atom stereocenters. The maximum absolute atomic E-state index is 14.9. The lowest BCUT2D eigenvalue weighted by Crippen LogP contribution is -2.29. The molecule has 1 amide bonds. The minimum Gasteiger partial charge on any atom is -0.494 e. The van der Waals surface area contributed by atoms with Crippen molar-refractivity contribution in [1.29, 1.82) is 0 Å². The first-order chi connectivity index (χ1) is 17.4. The highest BCUT2D eigenvalue weighted by molar-refractivity contribution is 5.98. The number of carbonyl (C=O) groups is 1. The molecule has 11 heteroatoms. The lowest BCUT2D eigenvalue weighted by molar-refractivity contribution is 0.0942. The van der Waals surface area contributed by atoms with Crippen molar-refractivity contribution in [2.24, 2.45) is 7.05 Å². The Labute approximate surface area is 205 Å². The van der Waals surface area contributed by atoms with E-state index in [4.69, 9.17) is 9.47 Å². The van der Waals surface area contributed by atoms with Gasteiger partial charge in [0.1, 0.15) is 5.82 Å². The predicted molar refractivity (Wildman–Crippen MR) is 128 cm³/mol. The van der Waals surface area contributed by atoms with E-state index in [1.807, 2.05) is 0 Å². The molecule has 1 aliphatic heterocycles. The molecule has 0 aliphatic carbocycles. The van der Waals surface area contributed by atoms with E-state index in [0.29, 0.717) is 30.3 Å². The number of carbonyl (C=O) groups excluding carboxylic acids is 1. The van der Waals surface area contributed by atoms with Crippen molar-refractivity contribution in [2.45, 2.75) is 18.5 Å². The topological polar surface area (TPSA) is 103 Å². The summed E-state index contributed by atoms with van der Waals surface area (Å²) in [5.74, 6) is -1.34. The average Bonchev–Trinajstić information content (AvgIpc) is 3.53. The van der Waals surface area contributed by atoms with Crippen molar-refractivity contribution in [2.75, 3.05) is 25.6 Å². The molecule has 2 aromatic heterocycles. The second kappa shape index (κ2) is 9.86. The molecular formula is C25H24F2N6O3. The lowest BCUT2D eigenvalue weighted by atomic mass is 10.0. The smallest absolute Gasteiger partial charge is 0.252 e. The fraction of sp³-hybridized carbons (Fsp3) is 0.280. The highest BCUT2D eigenvalue weighted by Gasteiger charge is 2.22. The van der Waals surface area contributed by atoms with Crippen LogP contribution in [-0.4, -0.2) is 52.0 Å². The molecule has 2 unspecified atom stereocenters. The first kappa shape index (κ1) is 23.6. The Kier molecular flexibility index (Phi) is 6.47. The minimum absolute atomic E-state index is 0.0664. The summed E-state index contributed by atoms with van der Waals surface area (Å²) in [6.45, 7) is 1.19. The number of nitrogens with one attached hydrogen (secondary N) is 2. The highest BCUT2D eigenvalue weighted by atomic mass is 19.1. The molecule has 5 rings (SSSR count). The molecule has 186 valence electrons. The van der Waals surface area contributed by atoms with Gasteiger partial charge in [0.25, 0.3) is 5.91 Å². The van der Waals surface area contributed by atoms with E-state index in [1.165, 1.54) is 31.5 Å². The summed E-state index contributed by atoms with van der Waals surface area (Å²) in [5, 5.41) is 10.4. The van der Waals surface area contributed by atoms with Gasteiger partial charge in [0, 0.05) is 37.2 Å². The Balaban J connectivity index is 1.46. The van der Waals surface area contributed by atoms with Crippen LogP contribution in [0, 0.1) is 11.6 Å². The number of anilines is 1. The van der Waals surface area contributed by atoms with Crippen LogP contribution in [0.4, 0.5) is 14.7 Å². The van der Waals surface area contributed by atoms with E-state index in [9.17, 15) is 13.6 Å². The van der Waals surface area contributed by atoms with Gasteiger partial charge in [-0.3, -0.25) is 9.48 Å². The first-order valence-electron chi connectivity index (χ1n) is 11.3. The molecule has 0 radical (unpaired) electrons. The van der Waals surface area contributed by atoms with Gasteiger partial charge in [0.2, 0.25) is 5.95 Å². The Morgan fingerprint density at radius 2 is 2.06 bits per heavy atom. The molecule has 9 nitrogen and oxygen atoms in total. The van der Waals surface area contributed by atoms with Gasteiger partial charge < -0.3 is 20.1 Å². The standard InChI is InChI=1S/C25H24F2N6O3/c1-33-12-16(10-29-33)23(14-3-4-22(35-2)20(27)7-14)32-24(34)15-8-19(26)18-11-28-25(31-21(18)9-15)30-17-5-6-36-13-17/h3-4,7-12,17,23H,5-6,13H2,1-2H3,(H,32,34)(H,28,30,31). The Morgan fingerprint density at radius 3 is 2.75 bits per heavy atom. The van der Waals surface area contributed by atoms with Crippen molar-refractivity contribution in [3.63, 3.8) is 0 Å². The van der Waals surface area contributed by atoms with E-state index in [2.05, 4.69) is 25.7 Å². The summed E-state index contributed by atoms with van der Waals surface area (Å²) in [6.07, 6.45) is 5.49. The Bertz CT molecular complexity index is 1420. The number of ether oxygens (including phenoxy) is 2. The molecule has 1 saturated heterocycles. The number of hydrogen-bond donors (Lipinski definition) is 2. The van der Waals surface area contributed by atoms with Crippen molar-refractivity contribution >= 4 is 22.8 Å². The van der Waals surface area contributed by atoms with Crippen LogP contribution < -0.4 is 15.4 Å². The Morgan fingerprint density at radius 1 is 1.19 bits per heavy atom. The largest absolute Gasteiger partial charge is 0.494 e. The zero-order valence-electron chi connectivity index (χ0n) is 19.7. The van der Waals surface area contributed by atoms with Gasteiger partial charge in [-0.25, -0.2) is 18.7 Å². The van der Waals surface area contributed by atoms with E-state index < -0.39 is 23.6 Å². The van der Waals surface area contributed by atoms with Crippen LogP contribution in [0.2, 0.25) is 0 Å². The molecule has 1 fully saturated rings.